The maximum absolute atomic E-state index is 13.1. The molecule has 2 N–H and O–H groups in total. The van der Waals surface area contributed by atoms with Crippen molar-refractivity contribution in [3.63, 3.8) is 0 Å². The van der Waals surface area contributed by atoms with Gasteiger partial charge in [0.05, 0.1) is 11.4 Å². The highest BCUT2D eigenvalue weighted by Gasteiger charge is 2.13. The van der Waals surface area contributed by atoms with E-state index in [1.54, 1.807) is 16.8 Å². The van der Waals surface area contributed by atoms with Gasteiger partial charge in [0.25, 0.3) is 0 Å². The first-order valence-corrected chi connectivity index (χ1v) is 10.4. The van der Waals surface area contributed by atoms with Gasteiger partial charge in [-0.25, -0.2) is 9.07 Å². The number of aliphatic imine (C=N–C) groups is 1. The van der Waals surface area contributed by atoms with Gasteiger partial charge in [0.1, 0.15) is 5.82 Å². The van der Waals surface area contributed by atoms with E-state index in [0.29, 0.717) is 13.0 Å². The topological polar surface area (TPSA) is 72.7 Å². The van der Waals surface area contributed by atoms with Crippen molar-refractivity contribution < 1.29 is 13.9 Å². The predicted octanol–water partition coefficient (Wildman–Crippen LogP) is 3.70. The molecule has 0 atom stereocenters. The number of hydrogen-bond donors (Lipinski definition) is 2. The van der Waals surface area contributed by atoms with Gasteiger partial charge in [0.15, 0.2) is 17.5 Å². The standard InChI is InChI=1S/C23H26FN5O2.HI/c1-2-25-23(26-12-9-17-3-8-21-22(15-17)31-16-30-21)27-13-10-19-11-14-29(28-19)20-6-4-18(24)5-7-20;/h3-8,11,14-15H,2,9-10,12-13,16H2,1H3,(H2,25,26,27);1H. The summed E-state index contributed by atoms with van der Waals surface area (Å²) in [6.07, 6.45) is 3.44. The minimum atomic E-state index is -0.257. The van der Waals surface area contributed by atoms with Crippen molar-refractivity contribution in [2.24, 2.45) is 4.99 Å². The van der Waals surface area contributed by atoms with E-state index in [1.165, 1.54) is 17.7 Å². The lowest BCUT2D eigenvalue weighted by Gasteiger charge is -2.11. The fraction of sp³-hybridized carbons (Fsp3) is 0.304. The largest absolute Gasteiger partial charge is 0.454 e. The van der Waals surface area contributed by atoms with E-state index < -0.39 is 0 Å². The molecule has 0 saturated carbocycles. The van der Waals surface area contributed by atoms with Crippen LogP contribution >= 0.6 is 24.0 Å². The van der Waals surface area contributed by atoms with Gasteiger partial charge >= 0.3 is 0 Å². The third-order valence-corrected chi connectivity index (χ3v) is 4.86. The van der Waals surface area contributed by atoms with Crippen LogP contribution in [-0.2, 0) is 12.8 Å². The van der Waals surface area contributed by atoms with Crippen LogP contribution in [0.5, 0.6) is 11.5 Å². The SMILES string of the molecule is CCNC(=NCCc1ccn(-c2ccc(F)cc2)n1)NCCc1ccc2c(c1)OCO2.I. The van der Waals surface area contributed by atoms with Gasteiger partial charge in [-0.1, -0.05) is 6.07 Å². The van der Waals surface area contributed by atoms with Crippen molar-refractivity contribution in [1.29, 1.82) is 0 Å². The summed E-state index contributed by atoms with van der Waals surface area (Å²) < 4.78 is 25.6. The Kier molecular flexibility index (Phi) is 8.72. The Morgan fingerprint density at radius 1 is 1.06 bits per heavy atom. The summed E-state index contributed by atoms with van der Waals surface area (Å²) in [4.78, 5) is 4.64. The molecule has 1 aliphatic rings. The van der Waals surface area contributed by atoms with Crippen molar-refractivity contribution >= 4 is 29.9 Å². The van der Waals surface area contributed by atoms with Gasteiger partial charge in [0, 0.05) is 32.3 Å². The van der Waals surface area contributed by atoms with E-state index in [-0.39, 0.29) is 36.6 Å². The molecule has 0 bridgehead atoms. The lowest BCUT2D eigenvalue weighted by molar-refractivity contribution is 0.174. The number of rotatable bonds is 8. The van der Waals surface area contributed by atoms with Gasteiger partial charge < -0.3 is 20.1 Å². The molecule has 0 radical (unpaired) electrons. The second-order valence-corrected chi connectivity index (χ2v) is 7.10. The molecule has 0 fully saturated rings. The van der Waals surface area contributed by atoms with Crippen LogP contribution in [0, 0.1) is 5.82 Å². The Balaban J connectivity index is 0.00000289. The number of halogens is 2. The van der Waals surface area contributed by atoms with Gasteiger partial charge in [-0.05, 0) is 61.4 Å². The van der Waals surface area contributed by atoms with Crippen molar-refractivity contribution in [3.8, 4) is 17.2 Å². The van der Waals surface area contributed by atoms with E-state index in [1.807, 2.05) is 31.3 Å². The van der Waals surface area contributed by atoms with Crippen LogP contribution in [0.15, 0.2) is 59.7 Å². The van der Waals surface area contributed by atoms with E-state index in [4.69, 9.17) is 9.47 Å². The number of nitrogens with one attached hydrogen (secondary N) is 2. The molecule has 1 aromatic heterocycles. The molecule has 0 unspecified atom stereocenters. The van der Waals surface area contributed by atoms with Gasteiger partial charge in [0.2, 0.25) is 6.79 Å². The fourth-order valence-corrected chi connectivity index (χ4v) is 3.28. The average Bonchev–Trinajstić information content (AvgIpc) is 3.43. The van der Waals surface area contributed by atoms with E-state index in [9.17, 15) is 4.39 Å². The van der Waals surface area contributed by atoms with Crippen LogP contribution in [-0.4, -0.2) is 42.2 Å². The maximum atomic E-state index is 13.1. The lowest BCUT2D eigenvalue weighted by atomic mass is 10.1. The van der Waals surface area contributed by atoms with Crippen LogP contribution < -0.4 is 20.1 Å². The summed E-state index contributed by atoms with van der Waals surface area (Å²) in [5, 5.41) is 11.2. The van der Waals surface area contributed by atoms with Crippen LogP contribution in [0.4, 0.5) is 4.39 Å². The summed E-state index contributed by atoms with van der Waals surface area (Å²) in [5.74, 6) is 2.13. The van der Waals surface area contributed by atoms with Crippen LogP contribution in [0.25, 0.3) is 5.69 Å². The van der Waals surface area contributed by atoms with Crippen molar-refractivity contribution in [2.45, 2.75) is 19.8 Å². The normalized spacial score (nSPS) is 12.4. The van der Waals surface area contributed by atoms with Crippen molar-refractivity contribution in [1.82, 2.24) is 20.4 Å². The fourth-order valence-electron chi connectivity index (χ4n) is 3.28. The molecule has 0 amide bonds. The minimum absolute atomic E-state index is 0. The second kappa shape index (κ2) is 11.7. The molecule has 4 rings (SSSR count). The highest BCUT2D eigenvalue weighted by Crippen LogP contribution is 2.32. The zero-order valence-corrected chi connectivity index (χ0v) is 20.2. The lowest BCUT2D eigenvalue weighted by Crippen LogP contribution is -2.38. The van der Waals surface area contributed by atoms with Gasteiger partial charge in [-0.2, -0.15) is 5.10 Å². The third-order valence-electron chi connectivity index (χ3n) is 4.86. The first-order valence-electron chi connectivity index (χ1n) is 10.4. The number of nitrogens with zero attached hydrogens (tertiary/aromatic N) is 3. The number of hydrogen-bond acceptors (Lipinski definition) is 4. The Labute approximate surface area is 204 Å². The van der Waals surface area contributed by atoms with Crippen LogP contribution in [0.2, 0.25) is 0 Å². The summed E-state index contributed by atoms with van der Waals surface area (Å²) in [7, 11) is 0. The Bertz CT molecular complexity index is 1040. The summed E-state index contributed by atoms with van der Waals surface area (Å²) in [5.41, 5.74) is 2.94. The van der Waals surface area contributed by atoms with Crippen LogP contribution in [0.1, 0.15) is 18.2 Å². The highest BCUT2D eigenvalue weighted by molar-refractivity contribution is 14.0. The Morgan fingerprint density at radius 2 is 1.88 bits per heavy atom. The molecule has 32 heavy (non-hydrogen) atoms. The Hall–Kier alpha value is -2.82. The zero-order valence-electron chi connectivity index (χ0n) is 17.9. The van der Waals surface area contributed by atoms with E-state index >= 15 is 0 Å². The summed E-state index contributed by atoms with van der Waals surface area (Å²) in [6.45, 7) is 4.48. The average molecular weight is 551 g/mol. The molecule has 0 spiro atoms. The van der Waals surface area contributed by atoms with Crippen molar-refractivity contribution in [3.05, 3.63) is 71.8 Å². The van der Waals surface area contributed by atoms with Gasteiger partial charge in [-0.15, -0.1) is 24.0 Å². The molecular weight excluding hydrogens is 524 g/mol. The maximum Gasteiger partial charge on any atom is 0.231 e. The van der Waals surface area contributed by atoms with Crippen molar-refractivity contribution in [2.75, 3.05) is 26.4 Å². The molecule has 0 aliphatic carbocycles. The van der Waals surface area contributed by atoms with E-state index in [2.05, 4.69) is 26.8 Å². The quantitative estimate of drug-likeness (QED) is 0.254. The zero-order chi connectivity index (χ0) is 21.5. The number of guanidine groups is 1. The van der Waals surface area contributed by atoms with E-state index in [0.717, 1.165) is 48.4 Å². The number of benzene rings is 2. The molecule has 1 aliphatic heterocycles. The third kappa shape index (κ3) is 6.35. The monoisotopic (exact) mass is 551 g/mol. The Morgan fingerprint density at radius 3 is 2.69 bits per heavy atom. The van der Waals surface area contributed by atoms with Crippen LogP contribution in [0.3, 0.4) is 0 Å². The second-order valence-electron chi connectivity index (χ2n) is 7.10. The molecule has 170 valence electrons. The predicted molar refractivity (Wildman–Crippen MR) is 133 cm³/mol. The molecule has 7 nitrogen and oxygen atoms in total. The summed E-state index contributed by atoms with van der Waals surface area (Å²) >= 11 is 0. The molecular formula is C23H27FIN5O2. The molecule has 2 aromatic carbocycles. The smallest absolute Gasteiger partial charge is 0.231 e. The van der Waals surface area contributed by atoms with Gasteiger partial charge in [-0.3, -0.25) is 4.99 Å². The molecule has 3 aromatic rings. The molecule has 0 saturated heterocycles. The minimum Gasteiger partial charge on any atom is -0.454 e. The first-order chi connectivity index (χ1) is 15.2. The summed E-state index contributed by atoms with van der Waals surface area (Å²) in [6, 6.07) is 14.2. The number of fused-ring (bicyclic) bond motifs is 1. The highest BCUT2D eigenvalue weighted by atomic mass is 127. The molecule has 2 heterocycles. The number of ether oxygens (including phenoxy) is 2. The molecule has 9 heteroatoms. The number of aromatic nitrogens is 2. The first kappa shape index (κ1) is 23.8.